The average Bonchev–Trinajstić information content (AvgIpc) is 2.70. The first-order valence-electron chi connectivity index (χ1n) is 6.72. The van der Waals surface area contributed by atoms with Crippen LogP contribution in [0.3, 0.4) is 0 Å². The lowest BCUT2D eigenvalue weighted by Crippen LogP contribution is -2.30. The van der Waals surface area contributed by atoms with Gasteiger partial charge in [-0.25, -0.2) is 0 Å². The summed E-state index contributed by atoms with van der Waals surface area (Å²) < 4.78 is 2.03. The average molecular weight is 250 g/mol. The van der Waals surface area contributed by atoms with Crippen molar-refractivity contribution in [2.75, 3.05) is 0 Å². The van der Waals surface area contributed by atoms with E-state index < -0.39 is 0 Å². The highest BCUT2D eigenvalue weighted by Gasteiger charge is 2.19. The number of carbonyl (C=O) groups is 1. The molecule has 0 fully saturated rings. The van der Waals surface area contributed by atoms with Crippen molar-refractivity contribution in [2.45, 2.75) is 58.2 Å². The number of amides is 1. The summed E-state index contributed by atoms with van der Waals surface area (Å²) in [7, 11) is 0. The van der Waals surface area contributed by atoms with E-state index in [1.807, 2.05) is 24.6 Å². The minimum absolute atomic E-state index is 0.0808. The van der Waals surface area contributed by atoms with Crippen LogP contribution in [0.25, 0.3) is 0 Å². The van der Waals surface area contributed by atoms with Crippen molar-refractivity contribution in [2.24, 2.45) is 0 Å². The van der Waals surface area contributed by atoms with E-state index in [1.165, 1.54) is 5.56 Å². The predicted octanol–water partition coefficient (Wildman–Crippen LogP) is 1.77. The molecule has 0 radical (unpaired) electrons. The molecule has 2 rings (SSSR count). The Kier molecular flexibility index (Phi) is 4.07. The van der Waals surface area contributed by atoms with Gasteiger partial charge in [0, 0.05) is 37.0 Å². The molecule has 0 bridgehead atoms. The van der Waals surface area contributed by atoms with Crippen molar-refractivity contribution in [3.8, 4) is 0 Å². The van der Waals surface area contributed by atoms with Crippen LogP contribution in [0.4, 0.5) is 0 Å². The fraction of sp³-hybridized carbons (Fsp3) is 0.643. The van der Waals surface area contributed by atoms with Gasteiger partial charge in [-0.3, -0.25) is 4.79 Å². The Morgan fingerprint density at radius 1 is 1.56 bits per heavy atom. The maximum Gasteiger partial charge on any atom is 0.221 e. The fourth-order valence-corrected chi connectivity index (χ4v) is 2.48. The van der Waals surface area contributed by atoms with Crippen molar-refractivity contribution in [1.29, 1.82) is 0 Å². The van der Waals surface area contributed by atoms with Gasteiger partial charge in [-0.05, 0) is 38.7 Å². The van der Waals surface area contributed by atoms with Gasteiger partial charge in [-0.15, -0.1) is 0 Å². The second-order valence-electron chi connectivity index (χ2n) is 5.36. The molecule has 4 heteroatoms. The molecule has 1 amide bonds. The van der Waals surface area contributed by atoms with Crippen LogP contribution >= 0.6 is 0 Å². The van der Waals surface area contributed by atoms with Gasteiger partial charge in [-0.2, -0.15) is 0 Å². The van der Waals surface area contributed by atoms with Crippen molar-refractivity contribution < 1.29 is 9.90 Å². The number of aliphatic hydroxyl groups is 1. The third-order valence-electron chi connectivity index (χ3n) is 3.33. The van der Waals surface area contributed by atoms with Gasteiger partial charge in [0.05, 0.1) is 6.10 Å². The van der Waals surface area contributed by atoms with Gasteiger partial charge >= 0.3 is 0 Å². The van der Waals surface area contributed by atoms with Gasteiger partial charge in [0.15, 0.2) is 0 Å². The standard InChI is InChI=1S/C14H22N2O2/c1-10(2)15-14(18)6-7-16-8-11-4-3-5-13(17)12(11)9-16/h8-10,13,17H,3-7H2,1-2H3,(H,15,18). The molecule has 1 heterocycles. The minimum atomic E-state index is -0.320. The highest BCUT2D eigenvalue weighted by Crippen LogP contribution is 2.30. The number of nitrogens with zero attached hydrogens (tertiary/aromatic N) is 1. The highest BCUT2D eigenvalue weighted by molar-refractivity contribution is 5.76. The SMILES string of the molecule is CC(C)NC(=O)CCn1cc2c(c1)C(O)CCC2. The largest absolute Gasteiger partial charge is 0.388 e. The van der Waals surface area contributed by atoms with Crippen LogP contribution in [-0.4, -0.2) is 21.6 Å². The molecule has 0 spiro atoms. The third kappa shape index (κ3) is 3.13. The van der Waals surface area contributed by atoms with E-state index in [0.29, 0.717) is 13.0 Å². The number of nitrogens with one attached hydrogen (secondary N) is 1. The Hall–Kier alpha value is -1.29. The van der Waals surface area contributed by atoms with E-state index in [9.17, 15) is 9.90 Å². The van der Waals surface area contributed by atoms with Crippen LogP contribution < -0.4 is 5.32 Å². The zero-order valence-electron chi connectivity index (χ0n) is 11.1. The highest BCUT2D eigenvalue weighted by atomic mass is 16.3. The van der Waals surface area contributed by atoms with Crippen LogP contribution in [0.5, 0.6) is 0 Å². The first kappa shape index (κ1) is 13.1. The molecule has 0 aromatic carbocycles. The summed E-state index contributed by atoms with van der Waals surface area (Å²) in [5.74, 6) is 0.0808. The van der Waals surface area contributed by atoms with Crippen LogP contribution in [-0.2, 0) is 17.8 Å². The zero-order chi connectivity index (χ0) is 13.1. The molecule has 0 saturated heterocycles. The summed E-state index contributed by atoms with van der Waals surface area (Å²) in [4.78, 5) is 11.6. The molecule has 1 aromatic rings. The van der Waals surface area contributed by atoms with Crippen molar-refractivity contribution in [3.05, 3.63) is 23.5 Å². The van der Waals surface area contributed by atoms with Gasteiger partial charge in [0.25, 0.3) is 0 Å². The molecule has 2 N–H and O–H groups in total. The van der Waals surface area contributed by atoms with Crippen LogP contribution in [0.2, 0.25) is 0 Å². The molecule has 4 nitrogen and oxygen atoms in total. The maximum atomic E-state index is 11.6. The maximum absolute atomic E-state index is 11.6. The molecule has 1 aliphatic carbocycles. The number of aryl methyl sites for hydroxylation is 2. The predicted molar refractivity (Wildman–Crippen MR) is 70.2 cm³/mol. The van der Waals surface area contributed by atoms with E-state index in [4.69, 9.17) is 0 Å². The summed E-state index contributed by atoms with van der Waals surface area (Å²) >= 11 is 0. The summed E-state index contributed by atoms with van der Waals surface area (Å²) in [6, 6.07) is 0.192. The van der Waals surface area contributed by atoms with Gasteiger partial charge in [0.1, 0.15) is 0 Å². The Bertz CT molecular complexity index is 423. The van der Waals surface area contributed by atoms with E-state index in [-0.39, 0.29) is 18.1 Å². The molecular formula is C14H22N2O2. The molecule has 1 aromatic heterocycles. The zero-order valence-corrected chi connectivity index (χ0v) is 11.1. The van der Waals surface area contributed by atoms with Gasteiger partial charge < -0.3 is 15.0 Å². The number of aromatic nitrogens is 1. The van der Waals surface area contributed by atoms with E-state index in [1.54, 1.807) is 0 Å². The Balaban J connectivity index is 1.93. The molecular weight excluding hydrogens is 228 g/mol. The van der Waals surface area contributed by atoms with Crippen molar-refractivity contribution in [3.63, 3.8) is 0 Å². The Labute approximate surface area is 108 Å². The normalized spacial score (nSPS) is 18.8. The summed E-state index contributed by atoms with van der Waals surface area (Å²) in [5, 5.41) is 12.8. The van der Waals surface area contributed by atoms with Crippen molar-refractivity contribution >= 4 is 5.91 Å². The molecule has 0 saturated carbocycles. The monoisotopic (exact) mass is 250 g/mol. The van der Waals surface area contributed by atoms with Crippen LogP contribution in [0.1, 0.15) is 50.3 Å². The van der Waals surface area contributed by atoms with E-state index >= 15 is 0 Å². The topological polar surface area (TPSA) is 54.3 Å². The number of rotatable bonds is 4. The summed E-state index contributed by atoms with van der Waals surface area (Å²) in [6.07, 6.45) is 7.16. The lowest BCUT2D eigenvalue weighted by Gasteiger charge is -2.16. The van der Waals surface area contributed by atoms with Crippen LogP contribution in [0.15, 0.2) is 12.4 Å². The molecule has 1 unspecified atom stereocenters. The molecule has 100 valence electrons. The second-order valence-corrected chi connectivity index (χ2v) is 5.36. The number of fused-ring (bicyclic) bond motifs is 1. The molecule has 18 heavy (non-hydrogen) atoms. The molecule has 1 aliphatic rings. The minimum Gasteiger partial charge on any atom is -0.388 e. The first-order valence-corrected chi connectivity index (χ1v) is 6.72. The Morgan fingerprint density at radius 2 is 2.33 bits per heavy atom. The van der Waals surface area contributed by atoms with E-state index in [0.717, 1.165) is 24.8 Å². The number of aliphatic hydroxyl groups excluding tert-OH is 1. The lowest BCUT2D eigenvalue weighted by molar-refractivity contribution is -0.121. The van der Waals surface area contributed by atoms with E-state index in [2.05, 4.69) is 11.5 Å². The third-order valence-corrected chi connectivity index (χ3v) is 3.33. The number of hydrogen-bond donors (Lipinski definition) is 2. The lowest BCUT2D eigenvalue weighted by atomic mass is 9.93. The van der Waals surface area contributed by atoms with Gasteiger partial charge in [0.2, 0.25) is 5.91 Å². The Morgan fingerprint density at radius 3 is 3.00 bits per heavy atom. The van der Waals surface area contributed by atoms with Gasteiger partial charge in [-0.1, -0.05) is 0 Å². The molecule has 0 aliphatic heterocycles. The second kappa shape index (κ2) is 5.57. The quantitative estimate of drug-likeness (QED) is 0.855. The van der Waals surface area contributed by atoms with Crippen molar-refractivity contribution in [1.82, 2.24) is 9.88 Å². The number of carbonyl (C=O) groups excluding carboxylic acids is 1. The van der Waals surface area contributed by atoms with Crippen LogP contribution in [0, 0.1) is 0 Å². The number of hydrogen-bond acceptors (Lipinski definition) is 2. The first-order chi connectivity index (χ1) is 8.56. The summed E-state index contributed by atoms with van der Waals surface area (Å²) in [5.41, 5.74) is 2.28. The smallest absolute Gasteiger partial charge is 0.221 e. The fourth-order valence-electron chi connectivity index (χ4n) is 2.48. The molecule has 1 atom stereocenters. The summed E-state index contributed by atoms with van der Waals surface area (Å²) in [6.45, 7) is 4.60.